The molecule has 2 fully saturated rings. The predicted molar refractivity (Wildman–Crippen MR) is 66.2 cm³/mol. The molecule has 3 amide bonds. The van der Waals surface area contributed by atoms with E-state index < -0.39 is 6.04 Å². The fraction of sp³-hybridized carbons (Fsp3) is 0.750. The molecule has 2 aliphatic heterocycles. The number of piperidine rings is 1. The molecule has 0 spiro atoms. The number of rotatable bonds is 4. The van der Waals surface area contributed by atoms with Gasteiger partial charge >= 0.3 is 0 Å². The van der Waals surface area contributed by atoms with Gasteiger partial charge in [-0.1, -0.05) is 0 Å². The van der Waals surface area contributed by atoms with Gasteiger partial charge in [0.05, 0.1) is 12.5 Å². The first-order valence-corrected chi connectivity index (χ1v) is 6.50. The van der Waals surface area contributed by atoms with Crippen molar-refractivity contribution >= 4 is 17.7 Å². The van der Waals surface area contributed by atoms with Gasteiger partial charge in [0.25, 0.3) is 5.91 Å². The Morgan fingerprint density at radius 2 is 2.11 bits per heavy atom. The van der Waals surface area contributed by atoms with Gasteiger partial charge in [0, 0.05) is 7.05 Å². The maximum atomic E-state index is 11.7. The molecule has 0 saturated carbocycles. The minimum atomic E-state index is -0.735. The molecule has 1 unspecified atom stereocenters. The second-order valence-corrected chi connectivity index (χ2v) is 4.88. The van der Waals surface area contributed by atoms with Crippen LogP contribution < -0.4 is 10.6 Å². The molecule has 0 bridgehead atoms. The van der Waals surface area contributed by atoms with Crippen molar-refractivity contribution in [3.63, 3.8) is 0 Å². The molecule has 106 valence electrons. The lowest BCUT2D eigenvalue weighted by molar-refractivity contribution is -0.138. The number of likely N-dealkylation sites (tertiary alicyclic amines) is 1. The fourth-order valence-corrected chi connectivity index (χ4v) is 2.26. The monoisotopic (exact) mass is 269 g/mol. The van der Waals surface area contributed by atoms with Crippen LogP contribution in [0.25, 0.3) is 0 Å². The van der Waals surface area contributed by atoms with Crippen molar-refractivity contribution in [1.82, 2.24) is 15.5 Å². The minimum Gasteiger partial charge on any atom is -0.368 e. The van der Waals surface area contributed by atoms with Crippen molar-refractivity contribution in [1.29, 1.82) is 0 Å². The Labute approximate surface area is 111 Å². The summed E-state index contributed by atoms with van der Waals surface area (Å²) < 4.78 is 5.48. The Bertz CT molecular complexity index is 379. The van der Waals surface area contributed by atoms with Crippen LogP contribution in [0.4, 0.5) is 0 Å². The predicted octanol–water partition coefficient (Wildman–Crippen LogP) is -1.37. The summed E-state index contributed by atoms with van der Waals surface area (Å²) in [6.45, 7) is 1.73. The Morgan fingerprint density at radius 1 is 1.42 bits per heavy atom. The molecule has 7 heteroatoms. The lowest BCUT2D eigenvalue weighted by Crippen LogP contribution is -2.43. The lowest BCUT2D eigenvalue weighted by atomic mass is 10.1. The molecule has 7 nitrogen and oxygen atoms in total. The van der Waals surface area contributed by atoms with Gasteiger partial charge in [0.15, 0.2) is 0 Å². The zero-order valence-corrected chi connectivity index (χ0v) is 11.0. The van der Waals surface area contributed by atoms with Gasteiger partial charge in [-0.15, -0.1) is 0 Å². The summed E-state index contributed by atoms with van der Waals surface area (Å²) in [4.78, 5) is 35.6. The molecule has 2 rings (SSSR count). The zero-order valence-electron chi connectivity index (χ0n) is 11.0. The van der Waals surface area contributed by atoms with E-state index in [1.807, 2.05) is 0 Å². The summed E-state index contributed by atoms with van der Waals surface area (Å²) in [6, 6.07) is -0.735. The smallest absolute Gasteiger partial charge is 0.252 e. The summed E-state index contributed by atoms with van der Waals surface area (Å²) in [5.41, 5.74) is 0. The third-order valence-electron chi connectivity index (χ3n) is 3.45. The van der Waals surface area contributed by atoms with Crippen LogP contribution in [0.2, 0.25) is 0 Å². The zero-order chi connectivity index (χ0) is 13.8. The van der Waals surface area contributed by atoms with Crippen LogP contribution in [-0.4, -0.2) is 61.5 Å². The van der Waals surface area contributed by atoms with Crippen LogP contribution in [0.15, 0.2) is 0 Å². The number of hydrogen-bond donors (Lipinski definition) is 2. The summed E-state index contributed by atoms with van der Waals surface area (Å²) in [7, 11) is 1.42. The standard InChI is InChI=1S/C12H19N3O4/c1-15-11(17)6-9(12(15)18)14-10(16)7-19-8-2-4-13-5-3-8/h8-9,13H,2-7H2,1H3,(H,14,16). The van der Waals surface area contributed by atoms with Crippen LogP contribution in [0, 0.1) is 0 Å². The number of hydrogen-bond acceptors (Lipinski definition) is 5. The molecular formula is C12H19N3O4. The molecule has 0 aromatic rings. The highest BCUT2D eigenvalue weighted by atomic mass is 16.5. The van der Waals surface area contributed by atoms with Gasteiger partial charge in [-0.2, -0.15) is 0 Å². The van der Waals surface area contributed by atoms with Crippen molar-refractivity contribution in [3.8, 4) is 0 Å². The molecule has 2 saturated heterocycles. The average Bonchev–Trinajstić information content (AvgIpc) is 2.65. The van der Waals surface area contributed by atoms with E-state index in [0.29, 0.717) is 0 Å². The first kappa shape index (κ1) is 14.0. The largest absolute Gasteiger partial charge is 0.368 e. The van der Waals surface area contributed by atoms with E-state index in [-0.39, 0.29) is 36.9 Å². The van der Waals surface area contributed by atoms with Crippen LogP contribution >= 0.6 is 0 Å². The topological polar surface area (TPSA) is 87.7 Å². The average molecular weight is 269 g/mol. The first-order chi connectivity index (χ1) is 9.08. The normalized spacial score (nSPS) is 24.9. The van der Waals surface area contributed by atoms with Gasteiger partial charge < -0.3 is 15.4 Å². The van der Waals surface area contributed by atoms with Gasteiger partial charge in [-0.3, -0.25) is 19.3 Å². The highest BCUT2D eigenvalue weighted by molar-refractivity contribution is 6.06. The number of nitrogens with one attached hydrogen (secondary N) is 2. The summed E-state index contributed by atoms with van der Waals surface area (Å²) in [5, 5.41) is 5.75. The van der Waals surface area contributed by atoms with Crippen LogP contribution in [0.1, 0.15) is 19.3 Å². The Kier molecular flexibility index (Phi) is 4.49. The van der Waals surface area contributed by atoms with E-state index in [9.17, 15) is 14.4 Å². The number of ether oxygens (including phenoxy) is 1. The first-order valence-electron chi connectivity index (χ1n) is 6.50. The third kappa shape index (κ3) is 3.51. The maximum Gasteiger partial charge on any atom is 0.252 e. The van der Waals surface area contributed by atoms with Crippen molar-refractivity contribution in [2.24, 2.45) is 0 Å². The van der Waals surface area contributed by atoms with E-state index in [1.54, 1.807) is 0 Å². The third-order valence-corrected chi connectivity index (χ3v) is 3.45. The van der Waals surface area contributed by atoms with Gasteiger partial charge in [0.1, 0.15) is 12.6 Å². The highest BCUT2D eigenvalue weighted by Gasteiger charge is 2.36. The molecule has 0 aliphatic carbocycles. The number of nitrogens with zero attached hydrogens (tertiary/aromatic N) is 1. The quantitative estimate of drug-likeness (QED) is 0.615. The van der Waals surface area contributed by atoms with Crippen molar-refractivity contribution < 1.29 is 19.1 Å². The van der Waals surface area contributed by atoms with Crippen LogP contribution in [-0.2, 0) is 19.1 Å². The van der Waals surface area contributed by atoms with E-state index in [4.69, 9.17) is 4.74 Å². The molecule has 2 heterocycles. The number of carbonyl (C=O) groups excluding carboxylic acids is 3. The highest BCUT2D eigenvalue weighted by Crippen LogP contribution is 2.11. The second-order valence-electron chi connectivity index (χ2n) is 4.88. The summed E-state index contributed by atoms with van der Waals surface area (Å²) in [5.74, 6) is -0.977. The van der Waals surface area contributed by atoms with E-state index in [0.717, 1.165) is 30.8 Å². The molecule has 0 radical (unpaired) electrons. The summed E-state index contributed by atoms with van der Waals surface area (Å²) >= 11 is 0. The molecule has 2 N–H and O–H groups in total. The number of amides is 3. The minimum absolute atomic E-state index is 0.0361. The van der Waals surface area contributed by atoms with Gasteiger partial charge in [0.2, 0.25) is 11.8 Å². The van der Waals surface area contributed by atoms with Crippen molar-refractivity contribution in [3.05, 3.63) is 0 Å². The number of carbonyl (C=O) groups is 3. The van der Waals surface area contributed by atoms with Gasteiger partial charge in [-0.05, 0) is 25.9 Å². The number of imide groups is 1. The van der Waals surface area contributed by atoms with Crippen molar-refractivity contribution in [2.75, 3.05) is 26.7 Å². The van der Waals surface area contributed by atoms with Crippen molar-refractivity contribution in [2.45, 2.75) is 31.4 Å². The molecule has 1 atom stereocenters. The molecule has 0 aromatic heterocycles. The molecule has 0 aromatic carbocycles. The Morgan fingerprint density at radius 3 is 2.68 bits per heavy atom. The Balaban J connectivity index is 1.72. The second kappa shape index (κ2) is 6.12. The SMILES string of the molecule is CN1C(=O)CC(NC(=O)COC2CCNCC2)C1=O. The van der Waals surface area contributed by atoms with Crippen LogP contribution in [0.5, 0.6) is 0 Å². The van der Waals surface area contributed by atoms with E-state index in [2.05, 4.69) is 10.6 Å². The van der Waals surface area contributed by atoms with E-state index in [1.165, 1.54) is 7.05 Å². The van der Waals surface area contributed by atoms with Gasteiger partial charge in [-0.25, -0.2) is 0 Å². The Hall–Kier alpha value is -1.47. The van der Waals surface area contributed by atoms with Crippen LogP contribution in [0.3, 0.4) is 0 Å². The lowest BCUT2D eigenvalue weighted by Gasteiger charge is -2.22. The molecular weight excluding hydrogens is 250 g/mol. The summed E-state index contributed by atoms with van der Waals surface area (Å²) in [6.07, 6.45) is 1.90. The molecule has 2 aliphatic rings. The molecule has 19 heavy (non-hydrogen) atoms. The number of likely N-dealkylation sites (N-methyl/N-ethyl adjacent to an activating group) is 1. The fourth-order valence-electron chi connectivity index (χ4n) is 2.26. The van der Waals surface area contributed by atoms with E-state index >= 15 is 0 Å². The maximum absolute atomic E-state index is 11.7.